The van der Waals surface area contributed by atoms with E-state index < -0.39 is 17.6 Å². The van der Waals surface area contributed by atoms with E-state index in [9.17, 15) is 9.59 Å². The zero-order valence-electron chi connectivity index (χ0n) is 16.7. The SMILES string of the molecule is Cc1ccc(NC(=O)C(CCCO)CNC(=O)OC(C)(C)C)c(C)c1C. The molecule has 0 aliphatic rings. The summed E-state index contributed by atoms with van der Waals surface area (Å²) >= 11 is 0. The number of carbonyl (C=O) groups excluding carboxylic acids is 2. The fourth-order valence-corrected chi connectivity index (χ4v) is 2.51. The lowest BCUT2D eigenvalue weighted by molar-refractivity contribution is -0.120. The molecule has 2 amide bonds. The number of nitrogens with one attached hydrogen (secondary N) is 2. The van der Waals surface area contributed by atoms with Gasteiger partial charge in [0.2, 0.25) is 5.91 Å². The van der Waals surface area contributed by atoms with Gasteiger partial charge >= 0.3 is 6.09 Å². The lowest BCUT2D eigenvalue weighted by atomic mass is 10.00. The van der Waals surface area contributed by atoms with Gasteiger partial charge in [0.15, 0.2) is 0 Å². The predicted molar refractivity (Wildman–Crippen MR) is 103 cm³/mol. The number of aliphatic hydroxyl groups excluding tert-OH is 1. The lowest BCUT2D eigenvalue weighted by Gasteiger charge is -2.22. The Morgan fingerprint density at radius 2 is 1.81 bits per heavy atom. The zero-order chi connectivity index (χ0) is 19.9. The summed E-state index contributed by atoms with van der Waals surface area (Å²) in [6.45, 7) is 11.5. The molecule has 0 saturated carbocycles. The van der Waals surface area contributed by atoms with E-state index >= 15 is 0 Å². The van der Waals surface area contributed by atoms with Crippen molar-refractivity contribution in [1.82, 2.24) is 5.32 Å². The first kappa shape index (κ1) is 22.0. The van der Waals surface area contributed by atoms with Gasteiger partial charge in [0.05, 0.1) is 5.92 Å². The molecule has 1 rings (SSSR count). The van der Waals surface area contributed by atoms with E-state index in [1.807, 2.05) is 32.9 Å². The van der Waals surface area contributed by atoms with Gasteiger partial charge in [-0.05, 0) is 77.1 Å². The Hall–Kier alpha value is -2.08. The van der Waals surface area contributed by atoms with Gasteiger partial charge in [-0.3, -0.25) is 4.79 Å². The second-order valence-electron chi connectivity index (χ2n) is 7.61. The number of hydrogen-bond acceptors (Lipinski definition) is 4. The van der Waals surface area contributed by atoms with Crippen LogP contribution in [-0.2, 0) is 9.53 Å². The highest BCUT2D eigenvalue weighted by Crippen LogP contribution is 2.22. The van der Waals surface area contributed by atoms with E-state index in [0.29, 0.717) is 12.8 Å². The quantitative estimate of drug-likeness (QED) is 0.691. The lowest BCUT2D eigenvalue weighted by Crippen LogP contribution is -2.38. The van der Waals surface area contributed by atoms with E-state index in [1.165, 1.54) is 5.56 Å². The molecule has 1 unspecified atom stereocenters. The van der Waals surface area contributed by atoms with Crippen molar-refractivity contribution in [3.8, 4) is 0 Å². The Morgan fingerprint density at radius 1 is 1.15 bits per heavy atom. The average molecular weight is 364 g/mol. The molecule has 0 aromatic heterocycles. The number of alkyl carbamates (subject to hydrolysis) is 1. The normalized spacial score (nSPS) is 12.4. The Balaban J connectivity index is 2.77. The van der Waals surface area contributed by atoms with Crippen molar-refractivity contribution < 1.29 is 19.4 Å². The highest BCUT2D eigenvalue weighted by molar-refractivity contribution is 5.93. The van der Waals surface area contributed by atoms with Crippen LogP contribution in [0.3, 0.4) is 0 Å². The van der Waals surface area contributed by atoms with Crippen molar-refractivity contribution in [2.24, 2.45) is 5.92 Å². The molecular formula is C20H32N2O4. The molecule has 6 nitrogen and oxygen atoms in total. The first-order valence-electron chi connectivity index (χ1n) is 9.00. The van der Waals surface area contributed by atoms with Gasteiger partial charge in [-0.2, -0.15) is 0 Å². The number of rotatable bonds is 7. The Bertz CT molecular complexity index is 635. The number of aryl methyl sites for hydroxylation is 1. The van der Waals surface area contributed by atoms with E-state index in [-0.39, 0.29) is 19.1 Å². The van der Waals surface area contributed by atoms with E-state index in [2.05, 4.69) is 10.6 Å². The maximum absolute atomic E-state index is 12.7. The minimum atomic E-state index is -0.594. The smallest absolute Gasteiger partial charge is 0.407 e. The molecule has 146 valence electrons. The van der Waals surface area contributed by atoms with Gasteiger partial charge < -0.3 is 20.5 Å². The van der Waals surface area contributed by atoms with Crippen molar-refractivity contribution in [3.63, 3.8) is 0 Å². The Labute approximate surface area is 156 Å². The standard InChI is InChI=1S/C20H32N2O4/c1-13-9-10-17(15(3)14(13)2)22-18(24)16(8-7-11-23)12-21-19(25)26-20(4,5)6/h9-10,16,23H,7-8,11-12H2,1-6H3,(H,21,25)(H,22,24). The van der Waals surface area contributed by atoms with E-state index in [0.717, 1.165) is 16.8 Å². The number of hydrogen-bond donors (Lipinski definition) is 3. The first-order chi connectivity index (χ1) is 12.0. The fourth-order valence-electron chi connectivity index (χ4n) is 2.51. The van der Waals surface area contributed by atoms with Gasteiger partial charge in [-0.25, -0.2) is 4.79 Å². The van der Waals surface area contributed by atoms with Crippen LogP contribution < -0.4 is 10.6 Å². The summed E-state index contributed by atoms with van der Waals surface area (Å²) in [5.74, 6) is -0.628. The van der Waals surface area contributed by atoms with Crippen molar-refractivity contribution in [1.29, 1.82) is 0 Å². The minimum absolute atomic E-state index is 0.00111. The summed E-state index contributed by atoms with van der Waals surface area (Å²) in [5.41, 5.74) is 3.51. The zero-order valence-corrected chi connectivity index (χ0v) is 16.7. The third-order valence-electron chi connectivity index (χ3n) is 4.29. The third-order valence-corrected chi connectivity index (χ3v) is 4.29. The van der Waals surface area contributed by atoms with Crippen LogP contribution in [-0.4, -0.2) is 35.9 Å². The van der Waals surface area contributed by atoms with Crippen LogP contribution in [0, 0.1) is 26.7 Å². The molecule has 0 saturated heterocycles. The van der Waals surface area contributed by atoms with Gasteiger partial charge in [-0.1, -0.05) is 6.07 Å². The molecule has 0 spiro atoms. The molecule has 6 heteroatoms. The Kier molecular flexibility index (Phi) is 8.08. The van der Waals surface area contributed by atoms with Crippen LogP contribution in [0.5, 0.6) is 0 Å². The Morgan fingerprint density at radius 3 is 2.38 bits per heavy atom. The highest BCUT2D eigenvalue weighted by Gasteiger charge is 2.22. The number of benzene rings is 1. The van der Waals surface area contributed by atoms with Crippen molar-refractivity contribution in [2.75, 3.05) is 18.5 Å². The molecule has 0 aliphatic heterocycles. The van der Waals surface area contributed by atoms with Crippen molar-refractivity contribution in [2.45, 2.75) is 60.0 Å². The summed E-state index contributed by atoms with van der Waals surface area (Å²) < 4.78 is 5.21. The molecule has 0 fully saturated rings. The van der Waals surface area contributed by atoms with Crippen LogP contribution in [0.1, 0.15) is 50.3 Å². The number of carbonyl (C=O) groups is 2. The molecule has 26 heavy (non-hydrogen) atoms. The second-order valence-corrected chi connectivity index (χ2v) is 7.61. The maximum Gasteiger partial charge on any atom is 0.407 e. The molecule has 0 bridgehead atoms. The van der Waals surface area contributed by atoms with E-state index in [1.54, 1.807) is 20.8 Å². The summed E-state index contributed by atoms with van der Waals surface area (Å²) in [6.07, 6.45) is 0.406. The monoisotopic (exact) mass is 364 g/mol. The van der Waals surface area contributed by atoms with Gasteiger partial charge in [0, 0.05) is 18.8 Å². The van der Waals surface area contributed by atoms with Crippen molar-refractivity contribution in [3.05, 3.63) is 28.8 Å². The molecule has 0 aliphatic carbocycles. The second kappa shape index (κ2) is 9.57. The van der Waals surface area contributed by atoms with E-state index in [4.69, 9.17) is 9.84 Å². The van der Waals surface area contributed by atoms with Crippen LogP contribution in [0.2, 0.25) is 0 Å². The number of amides is 2. The van der Waals surface area contributed by atoms with Crippen LogP contribution in [0.4, 0.5) is 10.5 Å². The topological polar surface area (TPSA) is 87.7 Å². The van der Waals surface area contributed by atoms with Gasteiger partial charge in [-0.15, -0.1) is 0 Å². The van der Waals surface area contributed by atoms with Gasteiger partial charge in [0.25, 0.3) is 0 Å². The number of ether oxygens (including phenoxy) is 1. The highest BCUT2D eigenvalue weighted by atomic mass is 16.6. The molecule has 0 heterocycles. The minimum Gasteiger partial charge on any atom is -0.444 e. The summed E-state index contributed by atoms with van der Waals surface area (Å²) in [7, 11) is 0. The van der Waals surface area contributed by atoms with Crippen LogP contribution in [0.15, 0.2) is 12.1 Å². The maximum atomic E-state index is 12.7. The molecule has 1 aromatic carbocycles. The van der Waals surface area contributed by atoms with Crippen LogP contribution in [0.25, 0.3) is 0 Å². The molecule has 1 aromatic rings. The molecular weight excluding hydrogens is 332 g/mol. The number of aliphatic hydroxyl groups is 1. The largest absolute Gasteiger partial charge is 0.444 e. The molecule has 3 N–H and O–H groups in total. The fraction of sp³-hybridized carbons (Fsp3) is 0.600. The van der Waals surface area contributed by atoms with Crippen LogP contribution >= 0.6 is 0 Å². The first-order valence-corrected chi connectivity index (χ1v) is 9.00. The summed E-state index contributed by atoms with van der Waals surface area (Å²) in [5, 5.41) is 14.7. The average Bonchev–Trinajstić information content (AvgIpc) is 2.53. The van der Waals surface area contributed by atoms with Gasteiger partial charge in [0.1, 0.15) is 5.60 Å². The molecule has 1 atom stereocenters. The number of anilines is 1. The molecule has 0 radical (unpaired) electrons. The summed E-state index contributed by atoms with van der Waals surface area (Å²) in [6, 6.07) is 3.86. The van der Waals surface area contributed by atoms with Crippen molar-refractivity contribution >= 4 is 17.7 Å². The summed E-state index contributed by atoms with van der Waals surface area (Å²) in [4.78, 5) is 24.5. The third kappa shape index (κ3) is 7.04. The predicted octanol–water partition coefficient (Wildman–Crippen LogP) is 3.46.